The van der Waals surface area contributed by atoms with Gasteiger partial charge >= 0.3 is 5.97 Å². The number of rotatable bonds is 7. The number of carbonyl (C=O) groups excluding carboxylic acids is 2. The number of benzene rings is 1. The molecular weight excluding hydrogens is 448 g/mol. The zero-order valence-electron chi connectivity index (χ0n) is 15.3. The molecule has 1 N–H and O–H groups in total. The number of esters is 1. The normalized spacial score (nSPS) is 11.4. The summed E-state index contributed by atoms with van der Waals surface area (Å²) in [6.45, 7) is 0.314. The summed E-state index contributed by atoms with van der Waals surface area (Å²) < 4.78 is 43.1. The van der Waals surface area contributed by atoms with Gasteiger partial charge < -0.3 is 10.1 Å². The molecule has 12 heteroatoms. The van der Waals surface area contributed by atoms with Crippen LogP contribution in [-0.2, 0) is 24.3 Å². The average Bonchev–Trinajstić information content (AvgIpc) is 2.67. The SMILES string of the molecule is Cc1c(Cl)cnc(NC(=O)COC(=O)CN(C)S(=O)(=O)c2ccc(F)cc2)c1Cl. The molecule has 29 heavy (non-hydrogen) atoms. The van der Waals surface area contributed by atoms with Gasteiger partial charge in [-0.15, -0.1) is 0 Å². The van der Waals surface area contributed by atoms with E-state index >= 15 is 0 Å². The van der Waals surface area contributed by atoms with Gasteiger partial charge in [0.2, 0.25) is 10.0 Å². The molecule has 1 amide bonds. The summed E-state index contributed by atoms with van der Waals surface area (Å²) in [7, 11) is -2.87. The van der Waals surface area contributed by atoms with Gasteiger partial charge in [-0.1, -0.05) is 23.2 Å². The monoisotopic (exact) mass is 463 g/mol. The standard InChI is InChI=1S/C17H16Cl2FN3O5S/c1-10-13(18)7-21-17(16(10)19)22-14(24)9-28-15(25)8-23(2)29(26,27)12-5-3-11(20)4-6-12/h3-7H,8-9H2,1-2H3,(H,21,22,24). The lowest BCUT2D eigenvalue weighted by molar-refractivity contribution is -0.147. The van der Waals surface area contributed by atoms with Crippen molar-refractivity contribution in [2.45, 2.75) is 11.8 Å². The highest BCUT2D eigenvalue weighted by Gasteiger charge is 2.24. The van der Waals surface area contributed by atoms with Crippen LogP contribution in [0.15, 0.2) is 35.4 Å². The molecule has 8 nitrogen and oxygen atoms in total. The molecule has 0 bridgehead atoms. The number of ether oxygens (including phenoxy) is 1. The van der Waals surface area contributed by atoms with Gasteiger partial charge in [0.15, 0.2) is 12.4 Å². The maximum absolute atomic E-state index is 12.9. The van der Waals surface area contributed by atoms with E-state index in [9.17, 15) is 22.4 Å². The fourth-order valence-electron chi connectivity index (χ4n) is 2.06. The molecule has 1 aromatic carbocycles. The number of hydrogen-bond donors (Lipinski definition) is 1. The third-order valence-electron chi connectivity index (χ3n) is 3.70. The van der Waals surface area contributed by atoms with Gasteiger partial charge in [0, 0.05) is 13.2 Å². The Morgan fingerprint density at radius 2 is 1.86 bits per heavy atom. The van der Waals surface area contributed by atoms with E-state index in [4.69, 9.17) is 27.9 Å². The van der Waals surface area contributed by atoms with E-state index in [1.807, 2.05) is 0 Å². The molecule has 0 unspecified atom stereocenters. The van der Waals surface area contributed by atoms with Crippen LogP contribution in [0, 0.1) is 12.7 Å². The maximum Gasteiger partial charge on any atom is 0.321 e. The van der Waals surface area contributed by atoms with Gasteiger partial charge in [-0.05, 0) is 36.8 Å². The van der Waals surface area contributed by atoms with E-state index in [1.54, 1.807) is 6.92 Å². The van der Waals surface area contributed by atoms with Gasteiger partial charge in [0.25, 0.3) is 5.91 Å². The molecule has 156 valence electrons. The molecule has 2 aromatic rings. The lowest BCUT2D eigenvalue weighted by atomic mass is 10.3. The summed E-state index contributed by atoms with van der Waals surface area (Å²) in [5.41, 5.74) is 0.517. The minimum atomic E-state index is -4.03. The molecule has 0 aliphatic heterocycles. The van der Waals surface area contributed by atoms with Crippen LogP contribution in [0.1, 0.15) is 5.56 Å². The Morgan fingerprint density at radius 3 is 2.48 bits per heavy atom. The van der Waals surface area contributed by atoms with Crippen LogP contribution >= 0.6 is 23.2 Å². The Kier molecular flexibility index (Phi) is 7.53. The number of anilines is 1. The van der Waals surface area contributed by atoms with Crippen molar-refractivity contribution in [2.24, 2.45) is 0 Å². The number of nitrogens with zero attached hydrogens (tertiary/aromatic N) is 2. The predicted molar refractivity (Wildman–Crippen MR) is 105 cm³/mol. The van der Waals surface area contributed by atoms with Crippen LogP contribution in [0.4, 0.5) is 10.2 Å². The minimum Gasteiger partial charge on any atom is -0.455 e. The molecule has 0 radical (unpaired) electrons. The van der Waals surface area contributed by atoms with E-state index in [0.29, 0.717) is 10.6 Å². The summed E-state index contributed by atoms with van der Waals surface area (Å²) in [5.74, 6) is -2.23. The first-order chi connectivity index (χ1) is 13.5. The maximum atomic E-state index is 12.9. The summed E-state index contributed by atoms with van der Waals surface area (Å²) in [6, 6.07) is 4.12. The van der Waals surface area contributed by atoms with E-state index in [-0.39, 0.29) is 15.7 Å². The average molecular weight is 464 g/mol. The van der Waals surface area contributed by atoms with E-state index < -0.39 is 40.9 Å². The molecule has 0 aliphatic carbocycles. The molecule has 0 spiro atoms. The summed E-state index contributed by atoms with van der Waals surface area (Å²) in [6.07, 6.45) is 1.31. The molecule has 0 aliphatic rings. The summed E-state index contributed by atoms with van der Waals surface area (Å²) in [5, 5.41) is 2.83. The third kappa shape index (κ3) is 5.86. The fraction of sp³-hybridized carbons (Fsp3) is 0.235. The van der Waals surface area contributed by atoms with Crippen LogP contribution in [0.2, 0.25) is 10.0 Å². The highest BCUT2D eigenvalue weighted by molar-refractivity contribution is 7.89. The summed E-state index contributed by atoms with van der Waals surface area (Å²) in [4.78, 5) is 27.5. The van der Waals surface area contributed by atoms with Crippen molar-refractivity contribution in [1.82, 2.24) is 9.29 Å². The number of amides is 1. The summed E-state index contributed by atoms with van der Waals surface area (Å²) >= 11 is 11.9. The topological polar surface area (TPSA) is 106 Å². The van der Waals surface area contributed by atoms with Gasteiger partial charge in [0.1, 0.15) is 12.4 Å². The van der Waals surface area contributed by atoms with Gasteiger partial charge in [-0.25, -0.2) is 17.8 Å². The number of nitrogens with one attached hydrogen (secondary N) is 1. The van der Waals surface area contributed by atoms with Crippen molar-refractivity contribution in [3.8, 4) is 0 Å². The Bertz CT molecular complexity index is 1030. The number of carbonyl (C=O) groups is 2. The molecule has 0 saturated carbocycles. The lowest BCUT2D eigenvalue weighted by Crippen LogP contribution is -2.34. The smallest absolute Gasteiger partial charge is 0.321 e. The van der Waals surface area contributed by atoms with Crippen molar-refractivity contribution in [3.63, 3.8) is 0 Å². The van der Waals surface area contributed by atoms with Crippen molar-refractivity contribution in [2.75, 3.05) is 25.5 Å². The van der Waals surface area contributed by atoms with E-state index in [1.165, 1.54) is 6.20 Å². The van der Waals surface area contributed by atoms with Crippen LogP contribution in [0.5, 0.6) is 0 Å². The third-order valence-corrected chi connectivity index (χ3v) is 6.36. The van der Waals surface area contributed by atoms with Crippen molar-refractivity contribution in [1.29, 1.82) is 0 Å². The Labute approximate surface area is 176 Å². The first kappa shape index (κ1) is 23.0. The zero-order valence-corrected chi connectivity index (χ0v) is 17.6. The number of aromatic nitrogens is 1. The predicted octanol–water partition coefficient (Wildman–Crippen LogP) is 2.64. The lowest BCUT2D eigenvalue weighted by Gasteiger charge is -2.16. The van der Waals surface area contributed by atoms with Crippen molar-refractivity contribution >= 4 is 50.9 Å². The first-order valence-corrected chi connectivity index (χ1v) is 10.2. The van der Waals surface area contributed by atoms with Crippen LogP contribution in [0.25, 0.3) is 0 Å². The minimum absolute atomic E-state index is 0.0469. The fourth-order valence-corrected chi connectivity index (χ4v) is 3.56. The number of likely N-dealkylation sites (N-methyl/N-ethyl adjacent to an activating group) is 1. The molecule has 0 saturated heterocycles. The largest absolute Gasteiger partial charge is 0.455 e. The van der Waals surface area contributed by atoms with E-state index in [2.05, 4.69) is 10.3 Å². The van der Waals surface area contributed by atoms with Crippen LogP contribution in [0.3, 0.4) is 0 Å². The van der Waals surface area contributed by atoms with Gasteiger partial charge in [-0.3, -0.25) is 9.59 Å². The second-order valence-electron chi connectivity index (χ2n) is 5.82. The Morgan fingerprint density at radius 1 is 1.24 bits per heavy atom. The quantitative estimate of drug-likeness (QED) is 0.632. The Hall–Kier alpha value is -2.27. The zero-order chi connectivity index (χ0) is 21.8. The molecule has 0 atom stereocenters. The molecule has 1 aromatic heterocycles. The van der Waals surface area contributed by atoms with Crippen molar-refractivity contribution in [3.05, 3.63) is 51.9 Å². The molecule has 0 fully saturated rings. The number of halogens is 3. The van der Waals surface area contributed by atoms with Crippen molar-refractivity contribution < 1.29 is 27.1 Å². The highest BCUT2D eigenvalue weighted by atomic mass is 35.5. The van der Waals surface area contributed by atoms with E-state index in [0.717, 1.165) is 35.6 Å². The first-order valence-electron chi connectivity index (χ1n) is 8.00. The van der Waals surface area contributed by atoms with Gasteiger partial charge in [0.05, 0.1) is 14.9 Å². The van der Waals surface area contributed by atoms with Gasteiger partial charge in [-0.2, -0.15) is 4.31 Å². The number of pyridine rings is 1. The molecular formula is C17H16Cl2FN3O5S. The Balaban J connectivity index is 1.91. The van der Waals surface area contributed by atoms with Crippen LogP contribution in [-0.4, -0.2) is 49.8 Å². The second-order valence-corrected chi connectivity index (χ2v) is 8.65. The number of hydrogen-bond acceptors (Lipinski definition) is 6. The second kappa shape index (κ2) is 9.49. The molecule has 2 rings (SSSR count). The number of sulfonamides is 1. The highest BCUT2D eigenvalue weighted by Crippen LogP contribution is 2.28. The van der Waals surface area contributed by atoms with Crippen LogP contribution < -0.4 is 5.32 Å². The molecule has 1 heterocycles.